The van der Waals surface area contributed by atoms with Gasteiger partial charge in [-0.1, -0.05) is 5.10 Å². The number of halogens is 2. The quantitative estimate of drug-likeness (QED) is 0.696. The second kappa shape index (κ2) is 7.44. The Labute approximate surface area is 158 Å². The summed E-state index contributed by atoms with van der Waals surface area (Å²) in [6.45, 7) is 0. The van der Waals surface area contributed by atoms with E-state index in [1.807, 2.05) is 0 Å². The number of nitrogens with zero attached hydrogens (tertiary/aromatic N) is 3. The van der Waals surface area contributed by atoms with E-state index in [1.54, 1.807) is 0 Å². The van der Waals surface area contributed by atoms with Gasteiger partial charge in [0.1, 0.15) is 11.6 Å². The van der Waals surface area contributed by atoms with E-state index < -0.39 is 27.6 Å². The van der Waals surface area contributed by atoms with Crippen LogP contribution in [-0.2, 0) is 10.0 Å². The number of carbonyl (C=O) groups is 1. The monoisotopic (exact) mass is 408 g/mol. The van der Waals surface area contributed by atoms with E-state index in [9.17, 15) is 22.0 Å². The van der Waals surface area contributed by atoms with Crippen LogP contribution >= 0.6 is 0 Å². The van der Waals surface area contributed by atoms with Crippen molar-refractivity contribution < 1.29 is 26.4 Å². The summed E-state index contributed by atoms with van der Waals surface area (Å²) in [4.78, 5) is 12.3. The lowest BCUT2D eigenvalue weighted by molar-refractivity contribution is 0.102. The molecule has 0 aliphatic rings. The molecular formula is C17H14F2N4O4S. The molecule has 0 spiro atoms. The highest BCUT2D eigenvalue weighted by Crippen LogP contribution is 2.24. The first kappa shape index (κ1) is 19.6. The fourth-order valence-electron chi connectivity index (χ4n) is 2.20. The smallest absolute Gasteiger partial charge is 0.322 e. The lowest BCUT2D eigenvalue weighted by Gasteiger charge is -2.11. The number of anilines is 1. The molecule has 11 heteroatoms. The average molecular weight is 408 g/mol. The number of hydrogen-bond acceptors (Lipinski definition) is 6. The van der Waals surface area contributed by atoms with Crippen molar-refractivity contribution >= 4 is 21.9 Å². The van der Waals surface area contributed by atoms with Gasteiger partial charge < -0.3 is 4.42 Å². The Balaban J connectivity index is 1.76. The van der Waals surface area contributed by atoms with E-state index in [2.05, 4.69) is 15.5 Å². The third kappa shape index (κ3) is 3.89. The molecular weight excluding hydrogens is 394 g/mol. The summed E-state index contributed by atoms with van der Waals surface area (Å²) in [5.74, 6) is -2.52. The summed E-state index contributed by atoms with van der Waals surface area (Å²) in [6, 6.07) is 7.76. The number of sulfonamides is 1. The summed E-state index contributed by atoms with van der Waals surface area (Å²) in [5.41, 5.74) is 0.0260. The number of benzene rings is 2. The van der Waals surface area contributed by atoms with Crippen LogP contribution in [-0.4, -0.2) is 42.9 Å². The highest BCUT2D eigenvalue weighted by Gasteiger charge is 2.19. The first-order chi connectivity index (χ1) is 13.2. The Bertz CT molecular complexity index is 1130. The van der Waals surface area contributed by atoms with E-state index in [-0.39, 0.29) is 27.9 Å². The van der Waals surface area contributed by atoms with Gasteiger partial charge in [0.25, 0.3) is 11.8 Å². The molecule has 146 valence electrons. The molecule has 1 aromatic heterocycles. The molecule has 8 nitrogen and oxygen atoms in total. The minimum atomic E-state index is -3.61. The van der Waals surface area contributed by atoms with Crippen LogP contribution in [0.5, 0.6) is 0 Å². The van der Waals surface area contributed by atoms with Gasteiger partial charge in [-0.15, -0.1) is 5.10 Å². The molecule has 1 heterocycles. The molecule has 1 N–H and O–H groups in total. The molecule has 0 atom stereocenters. The predicted octanol–water partition coefficient (Wildman–Crippen LogP) is 2.52. The van der Waals surface area contributed by atoms with Crippen LogP contribution in [0.2, 0.25) is 0 Å². The van der Waals surface area contributed by atoms with Crippen molar-refractivity contribution in [1.29, 1.82) is 0 Å². The van der Waals surface area contributed by atoms with Crippen LogP contribution in [0, 0.1) is 11.6 Å². The predicted molar refractivity (Wildman–Crippen MR) is 94.9 cm³/mol. The lowest BCUT2D eigenvalue weighted by Crippen LogP contribution is -2.22. The molecule has 0 fully saturated rings. The third-order valence-electron chi connectivity index (χ3n) is 3.70. The molecule has 3 rings (SSSR count). The third-order valence-corrected chi connectivity index (χ3v) is 5.53. The van der Waals surface area contributed by atoms with Crippen molar-refractivity contribution in [2.24, 2.45) is 0 Å². The lowest BCUT2D eigenvalue weighted by atomic mass is 10.2. The molecule has 0 saturated heterocycles. The molecule has 0 radical (unpaired) electrons. The van der Waals surface area contributed by atoms with Crippen molar-refractivity contribution in [1.82, 2.24) is 14.5 Å². The Kier molecular flexibility index (Phi) is 5.21. The molecule has 0 unspecified atom stereocenters. The zero-order valence-electron chi connectivity index (χ0n) is 14.7. The maximum Gasteiger partial charge on any atom is 0.322 e. The summed E-state index contributed by atoms with van der Waals surface area (Å²) >= 11 is 0. The highest BCUT2D eigenvalue weighted by atomic mass is 32.2. The fraction of sp³-hybridized carbons (Fsp3) is 0.118. The molecule has 3 aromatic rings. The number of carbonyl (C=O) groups excluding carboxylic acids is 1. The molecule has 0 saturated carbocycles. The van der Waals surface area contributed by atoms with Crippen LogP contribution in [0.4, 0.5) is 14.8 Å². The van der Waals surface area contributed by atoms with Crippen LogP contribution in [0.25, 0.3) is 11.5 Å². The largest absolute Gasteiger partial charge is 0.403 e. The van der Waals surface area contributed by atoms with Crippen LogP contribution in [0.3, 0.4) is 0 Å². The van der Waals surface area contributed by atoms with E-state index >= 15 is 0 Å². The summed E-state index contributed by atoms with van der Waals surface area (Å²) in [7, 11) is -0.822. The number of rotatable bonds is 5. The highest BCUT2D eigenvalue weighted by molar-refractivity contribution is 7.89. The van der Waals surface area contributed by atoms with Crippen molar-refractivity contribution in [3.05, 3.63) is 59.7 Å². The second-order valence-corrected chi connectivity index (χ2v) is 7.95. The summed E-state index contributed by atoms with van der Waals surface area (Å²) in [5, 5.41) is 9.53. The van der Waals surface area contributed by atoms with Crippen molar-refractivity contribution in [2.75, 3.05) is 19.4 Å². The Hall–Kier alpha value is -3.18. The van der Waals surface area contributed by atoms with Gasteiger partial charge in [0.15, 0.2) is 0 Å². The van der Waals surface area contributed by atoms with E-state index in [0.29, 0.717) is 6.07 Å². The van der Waals surface area contributed by atoms with Crippen molar-refractivity contribution in [3.63, 3.8) is 0 Å². The molecule has 1 amide bonds. The van der Waals surface area contributed by atoms with Crippen molar-refractivity contribution in [2.45, 2.75) is 4.90 Å². The molecule has 0 bridgehead atoms. The van der Waals surface area contributed by atoms with Gasteiger partial charge in [-0.25, -0.2) is 21.5 Å². The first-order valence-electron chi connectivity index (χ1n) is 7.81. The number of nitrogens with one attached hydrogen (secondary N) is 1. The van der Waals surface area contributed by atoms with Gasteiger partial charge in [0.2, 0.25) is 10.0 Å². The van der Waals surface area contributed by atoms with E-state index in [0.717, 1.165) is 16.4 Å². The molecule has 2 aromatic carbocycles. The molecule has 28 heavy (non-hydrogen) atoms. The first-order valence-corrected chi connectivity index (χ1v) is 9.25. The Morgan fingerprint density at radius 3 is 2.36 bits per heavy atom. The van der Waals surface area contributed by atoms with Gasteiger partial charge in [0.05, 0.1) is 10.5 Å². The van der Waals surface area contributed by atoms with Gasteiger partial charge in [-0.2, -0.15) is 0 Å². The second-order valence-electron chi connectivity index (χ2n) is 5.80. The van der Waals surface area contributed by atoms with Gasteiger partial charge in [0, 0.05) is 25.7 Å². The molecule has 0 aliphatic carbocycles. The minimum Gasteiger partial charge on any atom is -0.403 e. The van der Waals surface area contributed by atoms with Gasteiger partial charge >= 0.3 is 6.01 Å². The topological polar surface area (TPSA) is 105 Å². The zero-order valence-corrected chi connectivity index (χ0v) is 15.5. The maximum absolute atomic E-state index is 13.8. The number of aromatic nitrogens is 2. The van der Waals surface area contributed by atoms with Gasteiger partial charge in [-0.3, -0.25) is 10.1 Å². The standard InChI is InChI=1S/C17H14F2N4O4S/c1-23(2)28(25,26)12-6-3-10(4-7-12)15(24)20-17-22-21-16(27-17)13-8-5-11(18)9-14(13)19/h3-9H,1-2H3,(H,20,22,24). The van der Waals surface area contributed by atoms with E-state index in [4.69, 9.17) is 4.42 Å². The Morgan fingerprint density at radius 2 is 1.75 bits per heavy atom. The number of amides is 1. The zero-order chi connectivity index (χ0) is 20.5. The van der Waals surface area contributed by atoms with Crippen LogP contribution < -0.4 is 5.32 Å². The SMILES string of the molecule is CN(C)S(=O)(=O)c1ccc(C(=O)Nc2nnc(-c3ccc(F)cc3F)o2)cc1. The Morgan fingerprint density at radius 1 is 1.07 bits per heavy atom. The van der Waals surface area contributed by atoms with E-state index in [1.165, 1.54) is 38.4 Å². The fourth-order valence-corrected chi connectivity index (χ4v) is 3.11. The maximum atomic E-state index is 13.8. The number of hydrogen-bond donors (Lipinski definition) is 1. The van der Waals surface area contributed by atoms with Gasteiger partial charge in [-0.05, 0) is 36.4 Å². The van der Waals surface area contributed by atoms with Crippen LogP contribution in [0.15, 0.2) is 51.8 Å². The van der Waals surface area contributed by atoms with Crippen LogP contribution in [0.1, 0.15) is 10.4 Å². The van der Waals surface area contributed by atoms with Crippen molar-refractivity contribution in [3.8, 4) is 11.5 Å². The minimum absolute atomic E-state index is 0.0286. The normalized spacial score (nSPS) is 11.6. The average Bonchev–Trinajstić information content (AvgIpc) is 3.09. The summed E-state index contributed by atoms with van der Waals surface area (Å²) in [6.07, 6.45) is 0. The molecule has 0 aliphatic heterocycles. The summed E-state index contributed by atoms with van der Waals surface area (Å²) < 4.78 is 57.0.